The van der Waals surface area contributed by atoms with E-state index in [2.05, 4.69) is 25.8 Å². The third kappa shape index (κ3) is 3.19. The maximum absolute atomic E-state index is 10.6. The van der Waals surface area contributed by atoms with Crippen molar-refractivity contribution in [1.29, 1.82) is 0 Å². The van der Waals surface area contributed by atoms with Gasteiger partial charge in [0.25, 0.3) is 0 Å². The third-order valence-corrected chi connectivity index (χ3v) is 3.74. The van der Waals surface area contributed by atoms with Crippen molar-refractivity contribution >= 4 is 27.7 Å². The molecule has 2 heterocycles. The monoisotopic (exact) mass is 298 g/mol. The molecule has 0 saturated carbocycles. The van der Waals surface area contributed by atoms with Crippen molar-refractivity contribution in [3.05, 3.63) is 22.8 Å². The van der Waals surface area contributed by atoms with Gasteiger partial charge < -0.3 is 10.0 Å². The largest absolute Gasteiger partial charge is 0.481 e. The molecule has 1 N–H and O–H groups in total. The second kappa shape index (κ2) is 5.49. The number of rotatable bonds is 3. The van der Waals surface area contributed by atoms with Crippen LogP contribution in [0.15, 0.2) is 22.8 Å². The van der Waals surface area contributed by atoms with Crippen molar-refractivity contribution in [2.75, 3.05) is 18.0 Å². The lowest BCUT2D eigenvalue weighted by Gasteiger charge is -2.32. The van der Waals surface area contributed by atoms with Crippen LogP contribution < -0.4 is 4.90 Å². The molecular weight excluding hydrogens is 284 g/mol. The Labute approximate surface area is 109 Å². The van der Waals surface area contributed by atoms with E-state index >= 15 is 0 Å². The van der Waals surface area contributed by atoms with Crippen LogP contribution in [0.1, 0.15) is 19.3 Å². The average Bonchev–Trinajstić information content (AvgIpc) is 2.30. The van der Waals surface area contributed by atoms with Crippen LogP contribution in [0.5, 0.6) is 0 Å². The number of anilines is 1. The summed E-state index contributed by atoms with van der Waals surface area (Å²) < 4.78 is 0.997. The van der Waals surface area contributed by atoms with Gasteiger partial charge in [-0.1, -0.05) is 0 Å². The van der Waals surface area contributed by atoms with E-state index in [1.54, 1.807) is 6.20 Å². The molecule has 0 unspecified atom stereocenters. The molecule has 1 saturated heterocycles. The Morgan fingerprint density at radius 2 is 2.24 bits per heavy atom. The van der Waals surface area contributed by atoms with E-state index in [9.17, 15) is 4.79 Å². The zero-order valence-corrected chi connectivity index (χ0v) is 11.1. The van der Waals surface area contributed by atoms with Gasteiger partial charge in [-0.05, 0) is 46.8 Å². The van der Waals surface area contributed by atoms with Crippen LogP contribution in [0.2, 0.25) is 0 Å². The van der Waals surface area contributed by atoms with Crippen molar-refractivity contribution < 1.29 is 9.90 Å². The summed E-state index contributed by atoms with van der Waals surface area (Å²) in [5.74, 6) is 0.579. The highest BCUT2D eigenvalue weighted by atomic mass is 79.9. The maximum Gasteiger partial charge on any atom is 0.303 e. The Morgan fingerprint density at radius 1 is 1.53 bits per heavy atom. The Hall–Kier alpha value is -1.10. The van der Waals surface area contributed by atoms with Crippen molar-refractivity contribution in [3.63, 3.8) is 0 Å². The summed E-state index contributed by atoms with van der Waals surface area (Å²) in [6.07, 6.45) is 3.92. The summed E-state index contributed by atoms with van der Waals surface area (Å²) in [4.78, 5) is 17.2. The molecule has 0 atom stereocenters. The topological polar surface area (TPSA) is 53.4 Å². The van der Waals surface area contributed by atoms with Crippen LogP contribution in [-0.2, 0) is 4.79 Å². The number of hydrogen-bond donors (Lipinski definition) is 1. The van der Waals surface area contributed by atoms with Crippen LogP contribution in [0.25, 0.3) is 0 Å². The van der Waals surface area contributed by atoms with E-state index in [1.165, 1.54) is 0 Å². The van der Waals surface area contributed by atoms with Gasteiger partial charge in [0.15, 0.2) is 0 Å². The van der Waals surface area contributed by atoms with Gasteiger partial charge in [-0.25, -0.2) is 4.98 Å². The maximum atomic E-state index is 10.6. The molecule has 4 nitrogen and oxygen atoms in total. The molecule has 0 amide bonds. The van der Waals surface area contributed by atoms with Gasteiger partial charge in [-0.2, -0.15) is 0 Å². The van der Waals surface area contributed by atoms with E-state index in [0.29, 0.717) is 5.92 Å². The van der Waals surface area contributed by atoms with E-state index in [0.717, 1.165) is 36.2 Å². The first-order valence-corrected chi connectivity index (χ1v) is 6.53. The molecular formula is C12H15BrN2O2. The van der Waals surface area contributed by atoms with Gasteiger partial charge in [0.1, 0.15) is 5.82 Å². The summed E-state index contributed by atoms with van der Waals surface area (Å²) in [7, 11) is 0. The fraction of sp³-hybridized carbons (Fsp3) is 0.500. The Morgan fingerprint density at radius 3 is 2.82 bits per heavy atom. The highest BCUT2D eigenvalue weighted by molar-refractivity contribution is 9.10. The molecule has 0 spiro atoms. The quantitative estimate of drug-likeness (QED) is 0.932. The molecule has 0 bridgehead atoms. The van der Waals surface area contributed by atoms with Gasteiger partial charge in [-0.3, -0.25) is 4.79 Å². The molecule has 1 aromatic rings. The third-order valence-electron chi connectivity index (χ3n) is 3.12. The molecule has 17 heavy (non-hydrogen) atoms. The minimum atomic E-state index is -0.692. The molecule has 5 heteroatoms. The molecule has 2 rings (SSSR count). The van der Waals surface area contributed by atoms with Crippen molar-refractivity contribution in [1.82, 2.24) is 4.98 Å². The zero-order chi connectivity index (χ0) is 12.3. The predicted octanol–water partition coefficient (Wildman–Crippen LogP) is 2.54. The number of pyridine rings is 1. The summed E-state index contributed by atoms with van der Waals surface area (Å²) in [5, 5.41) is 8.76. The number of hydrogen-bond acceptors (Lipinski definition) is 3. The summed E-state index contributed by atoms with van der Waals surface area (Å²) in [6, 6.07) is 3.87. The number of nitrogens with zero attached hydrogens (tertiary/aromatic N) is 2. The Balaban J connectivity index is 1.95. The number of halogens is 1. The number of carbonyl (C=O) groups is 1. The van der Waals surface area contributed by atoms with Crippen LogP contribution in [0.3, 0.4) is 0 Å². The fourth-order valence-corrected chi connectivity index (χ4v) is 2.71. The molecule has 0 radical (unpaired) electrons. The van der Waals surface area contributed by atoms with Gasteiger partial charge in [-0.15, -0.1) is 0 Å². The standard InChI is InChI=1S/C12H15BrN2O2/c13-10-2-1-5-14-12(10)15-6-3-9(4-7-15)8-11(16)17/h1-2,5,9H,3-4,6-8H2,(H,16,17). The lowest BCUT2D eigenvalue weighted by Crippen LogP contribution is -2.35. The normalized spacial score (nSPS) is 17.1. The number of aliphatic carboxylic acids is 1. The van der Waals surface area contributed by atoms with E-state index in [-0.39, 0.29) is 6.42 Å². The zero-order valence-electron chi connectivity index (χ0n) is 9.47. The molecule has 0 aliphatic carbocycles. The summed E-state index contributed by atoms with van der Waals surface area (Å²) in [5.41, 5.74) is 0. The van der Waals surface area contributed by atoms with Gasteiger partial charge >= 0.3 is 5.97 Å². The second-order valence-corrected chi connectivity index (χ2v) is 5.19. The first-order valence-electron chi connectivity index (χ1n) is 5.74. The van der Waals surface area contributed by atoms with Crippen molar-refractivity contribution in [2.24, 2.45) is 5.92 Å². The van der Waals surface area contributed by atoms with Crippen LogP contribution >= 0.6 is 15.9 Å². The molecule has 1 aliphatic rings. The van der Waals surface area contributed by atoms with Gasteiger partial charge in [0.2, 0.25) is 0 Å². The lowest BCUT2D eigenvalue weighted by molar-refractivity contribution is -0.138. The van der Waals surface area contributed by atoms with Crippen LogP contribution in [0, 0.1) is 5.92 Å². The van der Waals surface area contributed by atoms with Crippen molar-refractivity contribution in [2.45, 2.75) is 19.3 Å². The van der Waals surface area contributed by atoms with Crippen LogP contribution in [0.4, 0.5) is 5.82 Å². The summed E-state index contributed by atoms with van der Waals surface area (Å²) in [6.45, 7) is 1.76. The number of carboxylic acid groups (broad SMARTS) is 1. The molecule has 1 aliphatic heterocycles. The minimum Gasteiger partial charge on any atom is -0.481 e. The van der Waals surface area contributed by atoms with E-state index < -0.39 is 5.97 Å². The molecule has 0 aromatic carbocycles. The first kappa shape index (κ1) is 12.4. The highest BCUT2D eigenvalue weighted by Gasteiger charge is 2.22. The first-order chi connectivity index (χ1) is 8.16. The summed E-state index contributed by atoms with van der Waals surface area (Å²) >= 11 is 3.49. The fourth-order valence-electron chi connectivity index (χ4n) is 2.21. The van der Waals surface area contributed by atoms with Gasteiger partial charge in [0.05, 0.1) is 4.47 Å². The van der Waals surface area contributed by atoms with Crippen molar-refractivity contribution in [3.8, 4) is 0 Å². The van der Waals surface area contributed by atoms with Crippen LogP contribution in [-0.4, -0.2) is 29.1 Å². The lowest BCUT2D eigenvalue weighted by atomic mass is 9.94. The average molecular weight is 299 g/mol. The van der Waals surface area contributed by atoms with Gasteiger partial charge in [0, 0.05) is 25.7 Å². The predicted molar refractivity (Wildman–Crippen MR) is 69.1 cm³/mol. The Bertz CT molecular complexity index is 403. The number of carboxylic acids is 1. The van der Waals surface area contributed by atoms with E-state index in [1.807, 2.05) is 12.1 Å². The molecule has 1 aromatic heterocycles. The Kier molecular flexibility index (Phi) is 3.99. The smallest absolute Gasteiger partial charge is 0.303 e. The SMILES string of the molecule is O=C(O)CC1CCN(c2ncccc2Br)CC1. The highest BCUT2D eigenvalue weighted by Crippen LogP contribution is 2.28. The van der Waals surface area contributed by atoms with E-state index in [4.69, 9.17) is 5.11 Å². The number of aromatic nitrogens is 1. The molecule has 1 fully saturated rings. The molecule has 92 valence electrons. The second-order valence-electron chi connectivity index (χ2n) is 4.34. The minimum absolute atomic E-state index is 0.289. The number of piperidine rings is 1.